The van der Waals surface area contributed by atoms with Gasteiger partial charge in [-0.25, -0.2) is 4.79 Å². The topological polar surface area (TPSA) is 83.8 Å². The predicted octanol–water partition coefficient (Wildman–Crippen LogP) is -0.615. The van der Waals surface area contributed by atoms with Crippen LogP contribution in [0.3, 0.4) is 0 Å². The highest BCUT2D eigenvalue weighted by Crippen LogP contribution is 1.97. The van der Waals surface area contributed by atoms with Crippen LogP contribution in [-0.2, 0) is 14.3 Å². The van der Waals surface area contributed by atoms with E-state index < -0.39 is 18.0 Å². The summed E-state index contributed by atoms with van der Waals surface area (Å²) in [7, 11) is 1.20. The number of rotatable bonds is 4. The first-order valence-corrected chi connectivity index (χ1v) is 3.05. The van der Waals surface area contributed by atoms with Crippen LogP contribution in [-0.4, -0.2) is 35.4 Å². The minimum absolute atomic E-state index is 0.0794. The third kappa shape index (κ3) is 4.32. The molecule has 5 nitrogen and oxygen atoms in total. The zero-order chi connectivity index (χ0) is 8.85. The van der Waals surface area contributed by atoms with Gasteiger partial charge in [-0.15, -0.1) is 0 Å². The van der Waals surface area contributed by atoms with Crippen molar-refractivity contribution in [1.82, 2.24) is 0 Å². The molecule has 0 aliphatic carbocycles. The zero-order valence-electron chi connectivity index (χ0n) is 6.11. The normalized spacial score (nSPS) is 12.2. The third-order valence-corrected chi connectivity index (χ3v) is 1.13. The van der Waals surface area contributed by atoms with Crippen molar-refractivity contribution in [2.24, 2.45) is 0 Å². The summed E-state index contributed by atoms with van der Waals surface area (Å²) in [4.78, 5) is 20.4. The molecule has 0 fully saturated rings. The van der Waals surface area contributed by atoms with E-state index in [1.807, 2.05) is 0 Å². The van der Waals surface area contributed by atoms with Gasteiger partial charge in [-0.05, 0) is 6.42 Å². The van der Waals surface area contributed by atoms with Crippen molar-refractivity contribution in [3.63, 3.8) is 0 Å². The molecule has 0 aliphatic heterocycles. The second-order valence-corrected chi connectivity index (χ2v) is 1.97. The quantitative estimate of drug-likeness (QED) is 0.538. The molecular weight excluding hydrogens is 152 g/mol. The number of esters is 1. The lowest BCUT2D eigenvalue weighted by Gasteiger charge is -2.02. The zero-order valence-corrected chi connectivity index (χ0v) is 6.11. The highest BCUT2D eigenvalue weighted by Gasteiger charge is 2.14. The van der Waals surface area contributed by atoms with Gasteiger partial charge in [0.2, 0.25) is 0 Å². The highest BCUT2D eigenvalue weighted by atomic mass is 16.5. The van der Waals surface area contributed by atoms with Gasteiger partial charge >= 0.3 is 11.9 Å². The van der Waals surface area contributed by atoms with Crippen LogP contribution in [0.1, 0.15) is 12.8 Å². The SMILES string of the molecule is COC(=O)CCC(O)C(=O)O. The first-order valence-electron chi connectivity index (χ1n) is 3.05. The van der Waals surface area contributed by atoms with Crippen molar-refractivity contribution in [3.05, 3.63) is 0 Å². The van der Waals surface area contributed by atoms with E-state index >= 15 is 0 Å². The Bertz CT molecular complexity index is 153. The number of aliphatic hydroxyl groups is 1. The average Bonchev–Trinajstić information content (AvgIpc) is 1.99. The molecular formula is C6H10O5. The standard InChI is InChI=1S/C6H10O5/c1-11-5(8)3-2-4(7)6(9)10/h4,7H,2-3H2,1H3,(H,9,10). The maximum atomic E-state index is 10.4. The van der Waals surface area contributed by atoms with Crippen LogP contribution in [0.15, 0.2) is 0 Å². The van der Waals surface area contributed by atoms with E-state index in [4.69, 9.17) is 10.2 Å². The molecule has 0 rings (SSSR count). The van der Waals surface area contributed by atoms with Gasteiger partial charge in [0.05, 0.1) is 7.11 Å². The average molecular weight is 162 g/mol. The fourth-order valence-electron chi connectivity index (χ4n) is 0.480. The smallest absolute Gasteiger partial charge is 0.332 e. The van der Waals surface area contributed by atoms with Gasteiger partial charge in [-0.1, -0.05) is 0 Å². The summed E-state index contributed by atoms with van der Waals surface area (Å²) >= 11 is 0. The van der Waals surface area contributed by atoms with E-state index in [1.165, 1.54) is 7.11 Å². The van der Waals surface area contributed by atoms with E-state index in [0.717, 1.165) is 0 Å². The molecule has 0 bridgehead atoms. The molecule has 0 saturated heterocycles. The number of carbonyl (C=O) groups is 2. The number of carboxylic acids is 1. The van der Waals surface area contributed by atoms with Crippen LogP contribution >= 0.6 is 0 Å². The van der Waals surface area contributed by atoms with Crippen molar-refractivity contribution >= 4 is 11.9 Å². The Hall–Kier alpha value is -1.10. The van der Waals surface area contributed by atoms with Crippen LogP contribution in [0.5, 0.6) is 0 Å². The molecule has 0 spiro atoms. The van der Waals surface area contributed by atoms with Gasteiger partial charge in [-0.3, -0.25) is 4.79 Å². The van der Waals surface area contributed by atoms with E-state index in [0.29, 0.717) is 0 Å². The van der Waals surface area contributed by atoms with Gasteiger partial charge in [0.15, 0.2) is 6.10 Å². The second kappa shape index (κ2) is 4.68. The van der Waals surface area contributed by atoms with Crippen LogP contribution in [0.2, 0.25) is 0 Å². The Morgan fingerprint density at radius 1 is 1.55 bits per heavy atom. The summed E-state index contributed by atoms with van der Waals surface area (Å²) < 4.78 is 4.24. The van der Waals surface area contributed by atoms with Crippen LogP contribution in [0.25, 0.3) is 0 Å². The highest BCUT2D eigenvalue weighted by molar-refractivity contribution is 5.74. The largest absolute Gasteiger partial charge is 0.479 e. The van der Waals surface area contributed by atoms with Crippen molar-refractivity contribution < 1.29 is 24.5 Å². The van der Waals surface area contributed by atoms with Gasteiger partial charge in [0.1, 0.15) is 0 Å². The minimum Gasteiger partial charge on any atom is -0.479 e. The molecule has 5 heteroatoms. The summed E-state index contributed by atoms with van der Waals surface area (Å²) in [5, 5.41) is 16.8. The van der Waals surface area contributed by atoms with Crippen LogP contribution < -0.4 is 0 Å². The molecule has 1 unspecified atom stereocenters. The Morgan fingerprint density at radius 2 is 2.09 bits per heavy atom. The Balaban J connectivity index is 3.54. The molecule has 0 aromatic carbocycles. The Morgan fingerprint density at radius 3 is 2.45 bits per heavy atom. The van der Waals surface area contributed by atoms with Crippen molar-refractivity contribution in [2.45, 2.75) is 18.9 Å². The Kier molecular flexibility index (Phi) is 4.21. The van der Waals surface area contributed by atoms with Gasteiger partial charge < -0.3 is 14.9 Å². The molecule has 64 valence electrons. The molecule has 1 atom stereocenters. The monoisotopic (exact) mass is 162 g/mol. The molecule has 11 heavy (non-hydrogen) atoms. The lowest BCUT2D eigenvalue weighted by atomic mass is 10.2. The third-order valence-electron chi connectivity index (χ3n) is 1.13. The first-order chi connectivity index (χ1) is 5.07. The summed E-state index contributed by atoms with van der Waals surface area (Å²) in [5.74, 6) is -1.85. The summed E-state index contributed by atoms with van der Waals surface area (Å²) in [5.41, 5.74) is 0. The number of carbonyl (C=O) groups excluding carboxylic acids is 1. The molecule has 0 heterocycles. The van der Waals surface area contributed by atoms with E-state index in [1.54, 1.807) is 0 Å². The van der Waals surface area contributed by atoms with E-state index in [-0.39, 0.29) is 12.8 Å². The maximum absolute atomic E-state index is 10.4. The number of aliphatic hydroxyl groups excluding tert-OH is 1. The number of hydrogen-bond acceptors (Lipinski definition) is 4. The molecule has 0 amide bonds. The van der Waals surface area contributed by atoms with E-state index in [2.05, 4.69) is 4.74 Å². The maximum Gasteiger partial charge on any atom is 0.332 e. The van der Waals surface area contributed by atoms with Gasteiger partial charge in [-0.2, -0.15) is 0 Å². The predicted molar refractivity (Wildman–Crippen MR) is 34.9 cm³/mol. The lowest BCUT2D eigenvalue weighted by Crippen LogP contribution is -2.20. The molecule has 0 radical (unpaired) electrons. The number of carboxylic acid groups (broad SMARTS) is 1. The molecule has 0 aliphatic rings. The van der Waals surface area contributed by atoms with Crippen molar-refractivity contribution in [2.75, 3.05) is 7.11 Å². The lowest BCUT2D eigenvalue weighted by molar-refractivity contribution is -0.148. The molecule has 0 aromatic rings. The number of ether oxygens (including phenoxy) is 1. The minimum atomic E-state index is -1.48. The van der Waals surface area contributed by atoms with E-state index in [9.17, 15) is 9.59 Å². The summed E-state index contributed by atoms with van der Waals surface area (Å²) in [6, 6.07) is 0. The number of aliphatic carboxylic acids is 1. The van der Waals surface area contributed by atoms with Crippen molar-refractivity contribution in [1.29, 1.82) is 0 Å². The van der Waals surface area contributed by atoms with Crippen molar-refractivity contribution in [3.8, 4) is 0 Å². The van der Waals surface area contributed by atoms with Crippen LogP contribution in [0, 0.1) is 0 Å². The first kappa shape index (κ1) is 9.90. The molecule has 0 saturated carbocycles. The number of methoxy groups -OCH3 is 1. The van der Waals surface area contributed by atoms with Crippen LogP contribution in [0.4, 0.5) is 0 Å². The summed E-state index contributed by atoms with van der Waals surface area (Å²) in [6.45, 7) is 0. The van der Waals surface area contributed by atoms with Gasteiger partial charge in [0, 0.05) is 6.42 Å². The Labute approximate surface area is 63.6 Å². The molecule has 2 N–H and O–H groups in total. The fourth-order valence-corrected chi connectivity index (χ4v) is 0.480. The number of hydrogen-bond donors (Lipinski definition) is 2. The fraction of sp³-hybridized carbons (Fsp3) is 0.667. The van der Waals surface area contributed by atoms with Gasteiger partial charge in [0.25, 0.3) is 0 Å². The second-order valence-electron chi connectivity index (χ2n) is 1.97. The molecule has 0 aromatic heterocycles. The summed E-state index contributed by atoms with van der Waals surface area (Å²) in [6.07, 6.45) is -1.67.